The minimum absolute atomic E-state index is 0.0622. The summed E-state index contributed by atoms with van der Waals surface area (Å²) in [5.41, 5.74) is 0.409. The summed E-state index contributed by atoms with van der Waals surface area (Å²) in [7, 11) is 0. The van der Waals surface area contributed by atoms with Crippen LogP contribution in [0.3, 0.4) is 0 Å². The zero-order valence-corrected chi connectivity index (χ0v) is 15.3. The molecule has 2 rings (SSSR count). The Balaban J connectivity index is 1.80. The number of piperidine rings is 1. The monoisotopic (exact) mass is 348 g/mol. The summed E-state index contributed by atoms with van der Waals surface area (Å²) in [6, 6.07) is 9.46. The second-order valence-electron chi connectivity index (χ2n) is 7.27. The number of alkyl carbamates (subject to hydrolysis) is 1. The van der Waals surface area contributed by atoms with E-state index in [0.29, 0.717) is 13.1 Å². The van der Waals surface area contributed by atoms with Crippen LogP contribution in [0.25, 0.3) is 0 Å². The number of likely N-dealkylation sites (tertiary alicyclic amines) is 1. The van der Waals surface area contributed by atoms with E-state index in [0.717, 1.165) is 24.8 Å². The second kappa shape index (κ2) is 8.74. The van der Waals surface area contributed by atoms with Crippen molar-refractivity contribution in [1.29, 1.82) is 0 Å². The Morgan fingerprint density at radius 2 is 1.92 bits per heavy atom. The highest BCUT2D eigenvalue weighted by atomic mass is 16.6. The van der Waals surface area contributed by atoms with E-state index >= 15 is 0 Å². The molecule has 1 aromatic rings. The van der Waals surface area contributed by atoms with E-state index in [1.165, 1.54) is 0 Å². The van der Waals surface area contributed by atoms with Gasteiger partial charge in [0.05, 0.1) is 6.04 Å². The van der Waals surface area contributed by atoms with Crippen LogP contribution in [-0.2, 0) is 16.1 Å². The Labute approximate surface area is 149 Å². The van der Waals surface area contributed by atoms with Gasteiger partial charge < -0.3 is 19.7 Å². The standard InChI is InChI=1S/C19H28N2O4/c1-19(2,3)25-18(23)21-12-8-7-11-16(21)13-20-17(22)24-14-15-9-5-4-6-10-15/h4-6,9-10,16H,7-8,11-14H2,1-3H3,(H,20,22)/t16-/m0/s1. The number of carbonyl (C=O) groups is 2. The van der Waals surface area contributed by atoms with Crippen molar-refractivity contribution in [3.05, 3.63) is 35.9 Å². The normalized spacial score (nSPS) is 17.7. The first-order valence-corrected chi connectivity index (χ1v) is 8.79. The molecule has 1 heterocycles. The van der Waals surface area contributed by atoms with Gasteiger partial charge in [-0.05, 0) is 45.6 Å². The maximum atomic E-state index is 12.3. The van der Waals surface area contributed by atoms with Crippen LogP contribution in [0.1, 0.15) is 45.6 Å². The van der Waals surface area contributed by atoms with Crippen LogP contribution in [0, 0.1) is 0 Å². The Morgan fingerprint density at radius 1 is 1.20 bits per heavy atom. The molecule has 6 heteroatoms. The van der Waals surface area contributed by atoms with Crippen LogP contribution in [0.4, 0.5) is 9.59 Å². The topological polar surface area (TPSA) is 67.9 Å². The largest absolute Gasteiger partial charge is 0.445 e. The lowest BCUT2D eigenvalue weighted by molar-refractivity contribution is 0.00973. The first-order chi connectivity index (χ1) is 11.8. The zero-order chi connectivity index (χ0) is 18.3. The molecular formula is C19H28N2O4. The van der Waals surface area contributed by atoms with Gasteiger partial charge >= 0.3 is 12.2 Å². The molecule has 0 bridgehead atoms. The Morgan fingerprint density at radius 3 is 2.60 bits per heavy atom. The number of benzene rings is 1. The third kappa shape index (κ3) is 6.64. The van der Waals surface area contributed by atoms with Crippen molar-refractivity contribution in [3.63, 3.8) is 0 Å². The fourth-order valence-electron chi connectivity index (χ4n) is 2.75. The molecule has 0 aliphatic carbocycles. The van der Waals surface area contributed by atoms with Gasteiger partial charge in [-0.1, -0.05) is 30.3 Å². The van der Waals surface area contributed by atoms with Crippen molar-refractivity contribution in [1.82, 2.24) is 10.2 Å². The smallest absolute Gasteiger partial charge is 0.410 e. The minimum atomic E-state index is -0.527. The highest BCUT2D eigenvalue weighted by Crippen LogP contribution is 2.20. The number of nitrogens with zero attached hydrogens (tertiary/aromatic N) is 1. The van der Waals surface area contributed by atoms with E-state index < -0.39 is 11.7 Å². The molecule has 0 saturated carbocycles. The number of ether oxygens (including phenoxy) is 2. The van der Waals surface area contributed by atoms with Crippen molar-refractivity contribution in [2.24, 2.45) is 0 Å². The third-order valence-corrected chi connectivity index (χ3v) is 3.95. The molecule has 6 nitrogen and oxygen atoms in total. The fraction of sp³-hybridized carbons (Fsp3) is 0.579. The van der Waals surface area contributed by atoms with Crippen LogP contribution in [0.2, 0.25) is 0 Å². The van der Waals surface area contributed by atoms with Gasteiger partial charge in [-0.15, -0.1) is 0 Å². The molecule has 1 saturated heterocycles. The molecule has 1 N–H and O–H groups in total. The molecule has 138 valence electrons. The molecule has 1 aliphatic rings. The van der Waals surface area contributed by atoms with E-state index in [9.17, 15) is 9.59 Å². The number of carbonyl (C=O) groups excluding carboxylic acids is 2. The van der Waals surface area contributed by atoms with Gasteiger partial charge in [0.2, 0.25) is 0 Å². The maximum Gasteiger partial charge on any atom is 0.410 e. The number of amides is 2. The molecule has 1 aromatic carbocycles. The van der Waals surface area contributed by atoms with Crippen LogP contribution < -0.4 is 5.32 Å². The average molecular weight is 348 g/mol. The Hall–Kier alpha value is -2.24. The lowest BCUT2D eigenvalue weighted by Gasteiger charge is -2.36. The SMILES string of the molecule is CC(C)(C)OC(=O)N1CCCC[C@H]1CNC(=O)OCc1ccccc1. The van der Waals surface area contributed by atoms with Gasteiger partial charge in [0.15, 0.2) is 0 Å². The summed E-state index contributed by atoms with van der Waals surface area (Å²) < 4.78 is 10.7. The summed E-state index contributed by atoms with van der Waals surface area (Å²) in [4.78, 5) is 26.0. The quantitative estimate of drug-likeness (QED) is 0.901. The Kier molecular flexibility index (Phi) is 6.67. The van der Waals surface area contributed by atoms with E-state index in [4.69, 9.17) is 9.47 Å². The number of hydrogen-bond acceptors (Lipinski definition) is 4. The van der Waals surface area contributed by atoms with E-state index in [2.05, 4.69) is 5.32 Å². The van der Waals surface area contributed by atoms with Crippen molar-refractivity contribution in [2.75, 3.05) is 13.1 Å². The van der Waals surface area contributed by atoms with E-state index in [1.807, 2.05) is 51.1 Å². The van der Waals surface area contributed by atoms with Crippen LogP contribution in [0.15, 0.2) is 30.3 Å². The summed E-state index contributed by atoms with van der Waals surface area (Å²) in [5.74, 6) is 0. The lowest BCUT2D eigenvalue weighted by atomic mass is 10.0. The zero-order valence-electron chi connectivity index (χ0n) is 15.3. The summed E-state index contributed by atoms with van der Waals surface area (Å²) >= 11 is 0. The second-order valence-corrected chi connectivity index (χ2v) is 7.27. The molecule has 0 spiro atoms. The van der Waals surface area contributed by atoms with Crippen molar-refractivity contribution >= 4 is 12.2 Å². The number of rotatable bonds is 4. The predicted molar refractivity (Wildman–Crippen MR) is 95.2 cm³/mol. The van der Waals surface area contributed by atoms with Gasteiger partial charge in [0.25, 0.3) is 0 Å². The van der Waals surface area contributed by atoms with Crippen molar-refractivity contribution in [3.8, 4) is 0 Å². The third-order valence-electron chi connectivity index (χ3n) is 3.95. The fourth-order valence-corrected chi connectivity index (χ4v) is 2.75. The number of hydrogen-bond donors (Lipinski definition) is 1. The summed E-state index contributed by atoms with van der Waals surface area (Å²) in [6.07, 6.45) is 2.03. The van der Waals surface area contributed by atoms with Crippen molar-refractivity contribution < 1.29 is 19.1 Å². The molecule has 2 amide bonds. The van der Waals surface area contributed by atoms with Gasteiger partial charge in [0, 0.05) is 13.1 Å². The lowest BCUT2D eigenvalue weighted by Crippen LogP contribution is -2.50. The van der Waals surface area contributed by atoms with Gasteiger partial charge in [0.1, 0.15) is 12.2 Å². The minimum Gasteiger partial charge on any atom is -0.445 e. The maximum absolute atomic E-state index is 12.3. The van der Waals surface area contributed by atoms with Crippen LogP contribution in [0.5, 0.6) is 0 Å². The molecule has 0 radical (unpaired) electrons. The first kappa shape index (κ1) is 19.1. The highest BCUT2D eigenvalue weighted by Gasteiger charge is 2.30. The molecule has 1 aliphatic heterocycles. The van der Waals surface area contributed by atoms with Crippen LogP contribution in [-0.4, -0.2) is 41.8 Å². The first-order valence-electron chi connectivity index (χ1n) is 8.79. The van der Waals surface area contributed by atoms with Gasteiger partial charge in [-0.2, -0.15) is 0 Å². The van der Waals surface area contributed by atoms with Gasteiger partial charge in [-0.3, -0.25) is 0 Å². The summed E-state index contributed by atoms with van der Waals surface area (Å²) in [6.45, 7) is 6.80. The molecule has 0 aromatic heterocycles. The molecule has 25 heavy (non-hydrogen) atoms. The Bertz CT molecular complexity index is 569. The average Bonchev–Trinajstić information content (AvgIpc) is 2.58. The van der Waals surface area contributed by atoms with E-state index in [-0.39, 0.29) is 18.7 Å². The molecular weight excluding hydrogens is 320 g/mol. The molecule has 0 unspecified atom stereocenters. The van der Waals surface area contributed by atoms with Crippen LogP contribution >= 0.6 is 0 Å². The van der Waals surface area contributed by atoms with Gasteiger partial charge in [-0.25, -0.2) is 9.59 Å². The van der Waals surface area contributed by atoms with E-state index in [1.54, 1.807) is 4.90 Å². The highest BCUT2D eigenvalue weighted by molar-refractivity contribution is 5.69. The summed E-state index contributed by atoms with van der Waals surface area (Å²) in [5, 5.41) is 2.76. The van der Waals surface area contributed by atoms with Crippen molar-refractivity contribution in [2.45, 2.75) is 58.3 Å². The number of nitrogens with one attached hydrogen (secondary N) is 1. The molecule has 1 atom stereocenters. The molecule has 1 fully saturated rings. The predicted octanol–water partition coefficient (Wildman–Crippen LogP) is 3.70.